The minimum Gasteiger partial charge on any atom is -0.448 e. The van der Waals surface area contributed by atoms with E-state index in [0.29, 0.717) is 6.61 Å². The van der Waals surface area contributed by atoms with Crippen LogP contribution in [0.2, 0.25) is 0 Å². The Balaban J connectivity index is 1.30. The van der Waals surface area contributed by atoms with Crippen LogP contribution < -0.4 is 0 Å². The van der Waals surface area contributed by atoms with Gasteiger partial charge in [-0.3, -0.25) is 0 Å². The Morgan fingerprint density at radius 1 is 0.900 bits per heavy atom. The summed E-state index contributed by atoms with van der Waals surface area (Å²) in [7, 11) is 0. The molecule has 4 nitrogen and oxygen atoms in total. The van der Waals surface area contributed by atoms with Crippen LogP contribution in [-0.2, 0) is 4.74 Å². The third-order valence-electron chi connectivity index (χ3n) is 6.11. The Morgan fingerprint density at radius 2 is 1.47 bits per heavy atom. The van der Waals surface area contributed by atoms with E-state index in [1.165, 1.54) is 22.3 Å². The molecule has 0 spiro atoms. The molecule has 0 aliphatic heterocycles. The molecular formula is C26H25NO3. The van der Waals surface area contributed by atoms with Gasteiger partial charge in [0.1, 0.15) is 6.61 Å². The van der Waals surface area contributed by atoms with Crippen molar-refractivity contribution in [2.45, 2.75) is 30.9 Å². The number of hydrogen-bond acceptors (Lipinski definition) is 3. The standard InChI is InChI=1S/C26H25NO3/c28-25(18-8-2-1-3-9-18)16-27(19-14-15-19)26(29)30-17-24-22-12-6-4-10-20(22)21-11-5-7-13-23(21)24/h1-13,19,24-25,28H,14-17H2. The van der Waals surface area contributed by atoms with Crippen LogP contribution in [0.1, 0.15) is 41.6 Å². The summed E-state index contributed by atoms with van der Waals surface area (Å²) in [5.74, 6) is 0.0430. The molecule has 1 N–H and O–H groups in total. The smallest absolute Gasteiger partial charge is 0.410 e. The van der Waals surface area contributed by atoms with Crippen molar-refractivity contribution in [3.63, 3.8) is 0 Å². The predicted molar refractivity (Wildman–Crippen MR) is 116 cm³/mol. The van der Waals surface area contributed by atoms with Gasteiger partial charge in [-0.15, -0.1) is 0 Å². The van der Waals surface area contributed by atoms with E-state index in [0.717, 1.165) is 18.4 Å². The van der Waals surface area contributed by atoms with Gasteiger partial charge in [0.25, 0.3) is 0 Å². The Bertz CT molecular complexity index is 999. The average Bonchev–Trinajstić information content (AvgIpc) is 3.59. The lowest BCUT2D eigenvalue weighted by Crippen LogP contribution is -2.37. The number of rotatable bonds is 6. The van der Waals surface area contributed by atoms with Crippen molar-refractivity contribution in [3.8, 4) is 11.1 Å². The molecule has 2 aliphatic carbocycles. The predicted octanol–water partition coefficient (Wildman–Crippen LogP) is 5.13. The zero-order valence-corrected chi connectivity index (χ0v) is 16.8. The average molecular weight is 399 g/mol. The highest BCUT2D eigenvalue weighted by molar-refractivity contribution is 5.79. The molecule has 1 amide bonds. The fourth-order valence-electron chi connectivity index (χ4n) is 4.40. The van der Waals surface area contributed by atoms with Gasteiger partial charge in [-0.1, -0.05) is 78.9 Å². The van der Waals surface area contributed by atoms with E-state index in [-0.39, 0.29) is 24.6 Å². The van der Waals surface area contributed by atoms with Gasteiger partial charge in [-0.05, 0) is 40.7 Å². The number of carbonyl (C=O) groups excluding carboxylic acids is 1. The van der Waals surface area contributed by atoms with Crippen molar-refractivity contribution >= 4 is 6.09 Å². The molecule has 4 heteroatoms. The van der Waals surface area contributed by atoms with Crippen molar-refractivity contribution in [1.82, 2.24) is 4.90 Å². The molecule has 3 aromatic rings. The van der Waals surface area contributed by atoms with Gasteiger partial charge in [-0.25, -0.2) is 4.79 Å². The summed E-state index contributed by atoms with van der Waals surface area (Å²) in [6, 6.07) is 26.3. The van der Waals surface area contributed by atoms with E-state index in [9.17, 15) is 9.90 Å². The number of benzene rings is 3. The number of amides is 1. The summed E-state index contributed by atoms with van der Waals surface area (Å²) >= 11 is 0. The Morgan fingerprint density at radius 3 is 2.07 bits per heavy atom. The third-order valence-corrected chi connectivity index (χ3v) is 6.11. The topological polar surface area (TPSA) is 49.8 Å². The van der Waals surface area contributed by atoms with Gasteiger partial charge in [0.15, 0.2) is 0 Å². The summed E-state index contributed by atoms with van der Waals surface area (Å²) in [6.45, 7) is 0.558. The molecule has 0 radical (unpaired) electrons. The van der Waals surface area contributed by atoms with Gasteiger partial charge in [0, 0.05) is 12.0 Å². The van der Waals surface area contributed by atoms with Crippen molar-refractivity contribution < 1.29 is 14.6 Å². The summed E-state index contributed by atoms with van der Waals surface area (Å²) in [6.07, 6.45) is 0.874. The second-order valence-corrected chi connectivity index (χ2v) is 8.11. The minimum atomic E-state index is -0.715. The lowest BCUT2D eigenvalue weighted by molar-refractivity contribution is 0.0681. The molecule has 3 aromatic carbocycles. The van der Waals surface area contributed by atoms with E-state index >= 15 is 0 Å². The number of aliphatic hydroxyl groups excluding tert-OH is 1. The first-order valence-electron chi connectivity index (χ1n) is 10.6. The van der Waals surface area contributed by atoms with E-state index < -0.39 is 6.10 Å². The number of ether oxygens (including phenoxy) is 1. The molecule has 2 aliphatic rings. The number of fused-ring (bicyclic) bond motifs is 3. The highest BCUT2D eigenvalue weighted by Crippen LogP contribution is 2.44. The van der Waals surface area contributed by atoms with Crippen LogP contribution >= 0.6 is 0 Å². The van der Waals surface area contributed by atoms with Gasteiger partial charge < -0.3 is 14.7 Å². The number of nitrogens with zero attached hydrogens (tertiary/aromatic N) is 1. The number of hydrogen-bond donors (Lipinski definition) is 1. The maximum atomic E-state index is 13.0. The van der Waals surface area contributed by atoms with Crippen LogP contribution in [0.4, 0.5) is 4.79 Å². The van der Waals surface area contributed by atoms with Gasteiger partial charge in [0.2, 0.25) is 0 Å². The quantitative estimate of drug-likeness (QED) is 0.625. The monoisotopic (exact) mass is 399 g/mol. The van der Waals surface area contributed by atoms with E-state index in [1.54, 1.807) is 4.90 Å². The first kappa shape index (κ1) is 18.9. The molecule has 152 valence electrons. The van der Waals surface area contributed by atoms with Gasteiger partial charge >= 0.3 is 6.09 Å². The largest absolute Gasteiger partial charge is 0.448 e. The lowest BCUT2D eigenvalue weighted by Gasteiger charge is -2.25. The summed E-state index contributed by atoms with van der Waals surface area (Å²) in [5.41, 5.74) is 5.65. The van der Waals surface area contributed by atoms with Crippen LogP contribution in [0.25, 0.3) is 11.1 Å². The molecule has 0 heterocycles. The van der Waals surface area contributed by atoms with Crippen LogP contribution in [0.3, 0.4) is 0 Å². The molecule has 30 heavy (non-hydrogen) atoms. The maximum absolute atomic E-state index is 13.0. The van der Waals surface area contributed by atoms with Gasteiger partial charge in [0.05, 0.1) is 12.6 Å². The van der Waals surface area contributed by atoms with Crippen LogP contribution in [-0.4, -0.2) is 35.3 Å². The highest BCUT2D eigenvalue weighted by atomic mass is 16.6. The second-order valence-electron chi connectivity index (χ2n) is 8.11. The van der Waals surface area contributed by atoms with Gasteiger partial charge in [-0.2, -0.15) is 0 Å². The molecular weight excluding hydrogens is 374 g/mol. The highest BCUT2D eigenvalue weighted by Gasteiger charge is 2.36. The molecule has 1 saturated carbocycles. The number of aliphatic hydroxyl groups is 1. The summed E-state index contributed by atoms with van der Waals surface area (Å²) in [5, 5.41) is 10.6. The molecule has 0 bridgehead atoms. The molecule has 1 fully saturated rings. The first-order valence-corrected chi connectivity index (χ1v) is 10.6. The summed E-state index contributed by atoms with van der Waals surface area (Å²) in [4.78, 5) is 14.7. The molecule has 0 aromatic heterocycles. The van der Waals surface area contributed by atoms with E-state index in [1.807, 2.05) is 54.6 Å². The van der Waals surface area contributed by atoms with Crippen LogP contribution in [0, 0.1) is 0 Å². The first-order chi connectivity index (χ1) is 14.7. The maximum Gasteiger partial charge on any atom is 0.410 e. The lowest BCUT2D eigenvalue weighted by atomic mass is 9.98. The minimum absolute atomic E-state index is 0.0430. The fourth-order valence-corrected chi connectivity index (χ4v) is 4.40. The molecule has 0 saturated heterocycles. The van der Waals surface area contributed by atoms with Crippen molar-refractivity contribution in [2.75, 3.05) is 13.2 Å². The van der Waals surface area contributed by atoms with Crippen molar-refractivity contribution in [3.05, 3.63) is 95.6 Å². The van der Waals surface area contributed by atoms with E-state index in [4.69, 9.17) is 4.74 Å². The molecule has 5 rings (SSSR count). The SMILES string of the molecule is O=C(OCC1c2ccccc2-c2ccccc21)N(CC(O)c1ccccc1)C1CC1. The Labute approximate surface area is 176 Å². The third kappa shape index (κ3) is 3.59. The Hall–Kier alpha value is -3.11. The molecule has 1 unspecified atom stereocenters. The Kier molecular flexibility index (Phi) is 5.01. The zero-order valence-electron chi connectivity index (χ0n) is 16.8. The molecule has 1 atom stereocenters. The van der Waals surface area contributed by atoms with Crippen LogP contribution in [0.5, 0.6) is 0 Å². The van der Waals surface area contributed by atoms with E-state index in [2.05, 4.69) is 24.3 Å². The van der Waals surface area contributed by atoms with Crippen molar-refractivity contribution in [2.24, 2.45) is 0 Å². The normalized spacial score (nSPS) is 15.9. The fraction of sp³-hybridized carbons (Fsp3) is 0.269. The van der Waals surface area contributed by atoms with Crippen LogP contribution in [0.15, 0.2) is 78.9 Å². The van der Waals surface area contributed by atoms with Crippen molar-refractivity contribution in [1.29, 1.82) is 0 Å². The number of carbonyl (C=O) groups is 1. The second kappa shape index (κ2) is 7.96. The zero-order chi connectivity index (χ0) is 20.5. The summed E-state index contributed by atoms with van der Waals surface area (Å²) < 4.78 is 5.82.